The Kier molecular flexibility index (Phi) is 14.7. The first kappa shape index (κ1) is 19.6. The van der Waals surface area contributed by atoms with E-state index in [1.54, 1.807) is 14.0 Å². The van der Waals surface area contributed by atoms with Crippen molar-refractivity contribution in [2.45, 2.75) is 41.0 Å². The van der Waals surface area contributed by atoms with Crippen molar-refractivity contribution in [3.63, 3.8) is 0 Å². The summed E-state index contributed by atoms with van der Waals surface area (Å²) in [4.78, 5) is 18.2. The van der Waals surface area contributed by atoms with Crippen LogP contribution >= 0.6 is 0 Å². The third-order valence-corrected chi connectivity index (χ3v) is 1.93. The third-order valence-electron chi connectivity index (χ3n) is 1.93. The van der Waals surface area contributed by atoms with Crippen LogP contribution in [0.25, 0.3) is 0 Å². The Hall–Kier alpha value is -1.77. The van der Waals surface area contributed by atoms with Crippen molar-refractivity contribution in [1.82, 2.24) is 0 Å². The van der Waals surface area contributed by atoms with Gasteiger partial charge in [0.1, 0.15) is 6.34 Å². The Morgan fingerprint density at radius 3 is 2.11 bits per heavy atom. The van der Waals surface area contributed by atoms with Crippen molar-refractivity contribution in [3.05, 3.63) is 35.4 Å². The second-order valence-electron chi connectivity index (χ2n) is 3.54. The van der Waals surface area contributed by atoms with Gasteiger partial charge in [-0.05, 0) is 20.3 Å². The molecule has 0 radical (unpaired) electrons. The van der Waals surface area contributed by atoms with Gasteiger partial charge in [-0.1, -0.05) is 50.6 Å². The average molecular weight is 262 g/mol. The molecule has 0 aromatic heterocycles. The number of Topliss-reactive ketones (excluding diaryl/α,β-unsaturated/α-hetero) is 1. The van der Waals surface area contributed by atoms with E-state index in [-0.39, 0.29) is 5.78 Å². The second kappa shape index (κ2) is 14.3. The minimum atomic E-state index is 0.125. The Morgan fingerprint density at radius 2 is 1.74 bits per heavy atom. The van der Waals surface area contributed by atoms with Gasteiger partial charge in [0, 0.05) is 18.8 Å². The molecule has 0 saturated carbocycles. The molecule has 0 spiro atoms. The quantitative estimate of drug-likeness (QED) is 0.453. The highest BCUT2D eigenvalue weighted by Crippen LogP contribution is 2.02. The molecule has 0 amide bonds. The number of hydrogen-bond donors (Lipinski definition) is 0. The monoisotopic (exact) mass is 262 g/mol. The van der Waals surface area contributed by atoms with Gasteiger partial charge in [0.15, 0.2) is 5.78 Å². The summed E-state index contributed by atoms with van der Waals surface area (Å²) in [7, 11) is 1.70. The van der Waals surface area contributed by atoms with E-state index >= 15 is 0 Å². The molecule has 0 aliphatic carbocycles. The Bertz CT molecular complexity index is 378. The van der Waals surface area contributed by atoms with Crippen LogP contribution in [-0.2, 0) is 0 Å². The minimum absolute atomic E-state index is 0.125. The van der Waals surface area contributed by atoms with E-state index in [0.717, 1.165) is 12.0 Å². The molecule has 0 bridgehead atoms. The molecule has 0 N–H and O–H groups in total. The topological polar surface area (TPSA) is 41.8 Å². The van der Waals surface area contributed by atoms with E-state index < -0.39 is 0 Å². The number of hydrogen-bond acceptors (Lipinski definition) is 2. The lowest BCUT2D eigenvalue weighted by Gasteiger charge is -1.93. The van der Waals surface area contributed by atoms with Gasteiger partial charge in [0.05, 0.1) is 0 Å². The van der Waals surface area contributed by atoms with Crippen LogP contribution in [0.1, 0.15) is 50.0 Å². The lowest BCUT2D eigenvalue weighted by atomic mass is 10.1. The number of carbonyl (C=O) groups excluding carboxylic acids is 1. The molecular formula is C16H26N2O. The fourth-order valence-electron chi connectivity index (χ4n) is 1.01. The minimum Gasteiger partial charge on any atom is -0.295 e. The summed E-state index contributed by atoms with van der Waals surface area (Å²) >= 11 is 0. The highest BCUT2D eigenvalue weighted by Gasteiger charge is 1.95. The van der Waals surface area contributed by atoms with E-state index in [9.17, 15) is 4.79 Å². The molecule has 3 nitrogen and oxygen atoms in total. The molecule has 1 aromatic carbocycles. The van der Waals surface area contributed by atoms with E-state index in [4.69, 9.17) is 0 Å². The van der Waals surface area contributed by atoms with E-state index in [1.807, 2.05) is 58.2 Å². The summed E-state index contributed by atoms with van der Waals surface area (Å²) in [5.74, 6) is 0.125. The van der Waals surface area contributed by atoms with Gasteiger partial charge in [-0.3, -0.25) is 9.79 Å². The smallest absolute Gasteiger partial charge is 0.159 e. The molecule has 0 aliphatic rings. The molecule has 1 rings (SSSR count). The van der Waals surface area contributed by atoms with Gasteiger partial charge in [0.2, 0.25) is 0 Å². The number of rotatable bonds is 3. The second-order valence-corrected chi connectivity index (χ2v) is 3.54. The number of benzene rings is 1. The number of aliphatic imine (C=N–C) groups is 2. The van der Waals surface area contributed by atoms with Crippen molar-refractivity contribution in [2.24, 2.45) is 9.98 Å². The summed E-state index contributed by atoms with van der Waals surface area (Å²) < 4.78 is 0. The largest absolute Gasteiger partial charge is 0.295 e. The van der Waals surface area contributed by atoms with Crippen LogP contribution in [0.5, 0.6) is 0 Å². The van der Waals surface area contributed by atoms with Gasteiger partial charge in [-0.25, -0.2) is 4.99 Å². The zero-order valence-electron chi connectivity index (χ0n) is 13.0. The number of nitrogens with zero attached hydrogens (tertiary/aromatic N) is 2. The number of carbonyl (C=O) groups is 1. The van der Waals surface area contributed by atoms with Gasteiger partial charge in [-0.2, -0.15) is 0 Å². The SMILES string of the molecule is CC.CC(=O)c1ccc(C)cc1.CCC=NC=NC. The molecule has 0 aliphatic heterocycles. The summed E-state index contributed by atoms with van der Waals surface area (Å²) in [6, 6.07) is 7.57. The van der Waals surface area contributed by atoms with Crippen LogP contribution < -0.4 is 0 Å². The summed E-state index contributed by atoms with van der Waals surface area (Å²) in [6.07, 6.45) is 4.32. The molecule has 0 fully saturated rings. The zero-order chi connectivity index (χ0) is 15.1. The standard InChI is InChI=1S/C9H10O.C5H10N2.C2H6/c1-7-3-5-9(6-4-7)8(2)10;1-3-4-7-5-6-2;1-2/h3-6H,1-2H3;4-5H,3H2,1-2H3;1-2H3. The maximum absolute atomic E-state index is 10.8. The van der Waals surface area contributed by atoms with Gasteiger partial charge >= 0.3 is 0 Å². The normalized spacial score (nSPS) is 9.58. The fourth-order valence-corrected chi connectivity index (χ4v) is 1.01. The molecule has 106 valence electrons. The maximum Gasteiger partial charge on any atom is 0.159 e. The van der Waals surface area contributed by atoms with Crippen LogP contribution in [0.15, 0.2) is 34.3 Å². The van der Waals surface area contributed by atoms with Crippen LogP contribution in [0, 0.1) is 6.92 Å². The van der Waals surface area contributed by atoms with Gasteiger partial charge in [0.25, 0.3) is 0 Å². The molecule has 1 aromatic rings. The number of aryl methyl sites for hydroxylation is 1. The zero-order valence-corrected chi connectivity index (χ0v) is 13.0. The predicted octanol–water partition coefficient (Wildman–Crippen LogP) is 4.35. The van der Waals surface area contributed by atoms with Crippen LogP contribution in [0.3, 0.4) is 0 Å². The summed E-state index contributed by atoms with van der Waals surface area (Å²) in [5.41, 5.74) is 1.97. The van der Waals surface area contributed by atoms with Gasteiger partial charge in [-0.15, -0.1) is 0 Å². The van der Waals surface area contributed by atoms with Crippen molar-refractivity contribution >= 4 is 18.3 Å². The molecular weight excluding hydrogens is 236 g/mol. The van der Waals surface area contributed by atoms with E-state index in [2.05, 4.69) is 9.98 Å². The van der Waals surface area contributed by atoms with Crippen LogP contribution in [0.4, 0.5) is 0 Å². The fraction of sp³-hybridized carbons (Fsp3) is 0.438. The molecule has 0 saturated heterocycles. The van der Waals surface area contributed by atoms with Crippen molar-refractivity contribution in [1.29, 1.82) is 0 Å². The summed E-state index contributed by atoms with van der Waals surface area (Å²) in [6.45, 7) is 9.61. The van der Waals surface area contributed by atoms with Crippen molar-refractivity contribution in [3.8, 4) is 0 Å². The Morgan fingerprint density at radius 1 is 1.21 bits per heavy atom. The molecule has 3 heteroatoms. The lowest BCUT2D eigenvalue weighted by Crippen LogP contribution is -1.90. The third kappa shape index (κ3) is 12.5. The predicted molar refractivity (Wildman–Crippen MR) is 85.7 cm³/mol. The van der Waals surface area contributed by atoms with Crippen molar-refractivity contribution < 1.29 is 4.79 Å². The average Bonchev–Trinajstić information content (AvgIpc) is 2.43. The Labute approximate surface area is 117 Å². The van der Waals surface area contributed by atoms with Crippen LogP contribution in [-0.4, -0.2) is 25.4 Å². The Balaban J connectivity index is 0. The summed E-state index contributed by atoms with van der Waals surface area (Å²) in [5, 5.41) is 0. The molecule has 0 heterocycles. The lowest BCUT2D eigenvalue weighted by molar-refractivity contribution is 0.101. The van der Waals surface area contributed by atoms with E-state index in [0.29, 0.717) is 0 Å². The molecule has 19 heavy (non-hydrogen) atoms. The first-order chi connectivity index (χ1) is 9.11. The molecule has 0 atom stereocenters. The molecule has 0 unspecified atom stereocenters. The highest BCUT2D eigenvalue weighted by atomic mass is 16.1. The first-order valence-electron chi connectivity index (χ1n) is 6.61. The van der Waals surface area contributed by atoms with E-state index in [1.165, 1.54) is 11.9 Å². The highest BCUT2D eigenvalue weighted by molar-refractivity contribution is 5.93. The van der Waals surface area contributed by atoms with Crippen LogP contribution in [0.2, 0.25) is 0 Å². The van der Waals surface area contributed by atoms with Crippen molar-refractivity contribution in [2.75, 3.05) is 7.05 Å². The maximum atomic E-state index is 10.8. The van der Waals surface area contributed by atoms with Gasteiger partial charge < -0.3 is 0 Å². The number of ketones is 1. The first-order valence-corrected chi connectivity index (χ1v) is 6.61.